The predicted octanol–water partition coefficient (Wildman–Crippen LogP) is 3.46. The van der Waals surface area contributed by atoms with Crippen LogP contribution in [0.2, 0.25) is 0 Å². The van der Waals surface area contributed by atoms with Crippen LogP contribution in [0.3, 0.4) is 0 Å². The lowest BCUT2D eigenvalue weighted by Gasteiger charge is -2.11. The number of hydrogen-bond donors (Lipinski definition) is 0. The van der Waals surface area contributed by atoms with E-state index in [1.165, 1.54) is 6.92 Å². The summed E-state index contributed by atoms with van der Waals surface area (Å²) in [5.74, 6) is 1.37. The van der Waals surface area contributed by atoms with Crippen LogP contribution in [-0.4, -0.2) is 20.0 Å². The minimum atomic E-state index is 0.0170. The molecule has 0 fully saturated rings. The van der Waals surface area contributed by atoms with Crippen LogP contribution in [0.4, 0.5) is 0 Å². The molecule has 0 aliphatic rings. The van der Waals surface area contributed by atoms with E-state index in [1.54, 1.807) is 20.3 Å². The van der Waals surface area contributed by atoms with Crippen LogP contribution in [0.15, 0.2) is 22.7 Å². The molecule has 0 amide bonds. The monoisotopic (exact) mass is 298 g/mol. The van der Waals surface area contributed by atoms with Gasteiger partial charge in [0.25, 0.3) is 0 Å². The van der Waals surface area contributed by atoms with E-state index >= 15 is 0 Å². The second-order valence-corrected chi connectivity index (χ2v) is 4.43. The SMILES string of the molecule is COc1cc(/C(C)=C/C(C)=O)cc(OC)c1Br. The molecule has 92 valence electrons. The quantitative estimate of drug-likeness (QED) is 0.799. The van der Waals surface area contributed by atoms with Crippen molar-refractivity contribution in [1.29, 1.82) is 0 Å². The van der Waals surface area contributed by atoms with Crippen molar-refractivity contribution in [1.82, 2.24) is 0 Å². The number of carbonyl (C=O) groups excluding carboxylic acids is 1. The minimum absolute atomic E-state index is 0.0170. The highest BCUT2D eigenvalue weighted by Gasteiger charge is 2.10. The summed E-state index contributed by atoms with van der Waals surface area (Å²) in [6.45, 7) is 3.40. The topological polar surface area (TPSA) is 35.5 Å². The molecule has 1 aromatic carbocycles. The predicted molar refractivity (Wildman–Crippen MR) is 71.6 cm³/mol. The van der Waals surface area contributed by atoms with Gasteiger partial charge in [-0.05, 0) is 59.1 Å². The van der Waals surface area contributed by atoms with Crippen molar-refractivity contribution in [3.8, 4) is 11.5 Å². The van der Waals surface area contributed by atoms with Gasteiger partial charge in [-0.3, -0.25) is 4.79 Å². The van der Waals surface area contributed by atoms with Gasteiger partial charge in [-0.2, -0.15) is 0 Å². The van der Waals surface area contributed by atoms with E-state index < -0.39 is 0 Å². The molecule has 0 saturated heterocycles. The molecular weight excluding hydrogens is 284 g/mol. The Morgan fingerprint density at radius 2 is 1.65 bits per heavy atom. The Morgan fingerprint density at radius 3 is 2.00 bits per heavy atom. The first kappa shape index (κ1) is 13.8. The van der Waals surface area contributed by atoms with Crippen molar-refractivity contribution in [2.75, 3.05) is 14.2 Å². The number of hydrogen-bond acceptors (Lipinski definition) is 3. The van der Waals surface area contributed by atoms with E-state index in [1.807, 2.05) is 19.1 Å². The molecule has 0 bridgehead atoms. The van der Waals surface area contributed by atoms with Gasteiger partial charge in [0.2, 0.25) is 0 Å². The zero-order valence-corrected chi connectivity index (χ0v) is 11.9. The molecule has 0 unspecified atom stereocenters. The molecule has 0 aromatic heterocycles. The standard InChI is InChI=1S/C13H15BrO3/c1-8(5-9(2)15)10-6-11(16-3)13(14)12(7-10)17-4/h5-7H,1-4H3/b8-5+. The molecule has 1 rings (SSSR count). The number of ether oxygens (including phenoxy) is 2. The van der Waals surface area contributed by atoms with Gasteiger partial charge in [-0.15, -0.1) is 0 Å². The number of methoxy groups -OCH3 is 2. The van der Waals surface area contributed by atoms with Gasteiger partial charge in [0.15, 0.2) is 5.78 Å². The Bertz CT molecular complexity index is 439. The van der Waals surface area contributed by atoms with Crippen molar-refractivity contribution in [2.45, 2.75) is 13.8 Å². The first-order valence-corrected chi connectivity index (χ1v) is 5.89. The highest BCUT2D eigenvalue weighted by atomic mass is 79.9. The maximum atomic E-state index is 11.1. The van der Waals surface area contributed by atoms with Crippen molar-refractivity contribution in [3.05, 3.63) is 28.2 Å². The minimum Gasteiger partial charge on any atom is -0.495 e. The van der Waals surface area contributed by atoms with Crippen LogP contribution >= 0.6 is 15.9 Å². The molecule has 1 aromatic rings. The number of carbonyl (C=O) groups is 1. The van der Waals surface area contributed by atoms with E-state index in [4.69, 9.17) is 9.47 Å². The Kier molecular flexibility index (Phi) is 4.75. The zero-order valence-electron chi connectivity index (χ0n) is 10.3. The third-order valence-electron chi connectivity index (χ3n) is 2.32. The summed E-state index contributed by atoms with van der Waals surface area (Å²) >= 11 is 3.40. The lowest BCUT2D eigenvalue weighted by atomic mass is 10.1. The zero-order chi connectivity index (χ0) is 13.0. The molecule has 0 aliphatic heterocycles. The van der Waals surface area contributed by atoms with E-state index in [0.29, 0.717) is 11.5 Å². The Morgan fingerprint density at radius 1 is 1.18 bits per heavy atom. The first-order chi connectivity index (χ1) is 7.99. The molecule has 17 heavy (non-hydrogen) atoms. The van der Waals surface area contributed by atoms with Gasteiger partial charge in [0.1, 0.15) is 16.0 Å². The Labute approximate surface area is 110 Å². The highest BCUT2D eigenvalue weighted by Crippen LogP contribution is 2.37. The number of allylic oxidation sites excluding steroid dienone is 2. The summed E-state index contributed by atoms with van der Waals surface area (Å²) in [5.41, 5.74) is 1.78. The molecule has 0 atom stereocenters. The average Bonchev–Trinajstić information content (AvgIpc) is 2.28. The summed E-state index contributed by atoms with van der Waals surface area (Å²) in [5, 5.41) is 0. The largest absolute Gasteiger partial charge is 0.495 e. The fraction of sp³-hybridized carbons (Fsp3) is 0.308. The second-order valence-electron chi connectivity index (χ2n) is 3.63. The van der Waals surface area contributed by atoms with E-state index in [-0.39, 0.29) is 5.78 Å². The second kappa shape index (κ2) is 5.87. The summed E-state index contributed by atoms with van der Waals surface area (Å²) in [6, 6.07) is 3.72. The molecule has 0 spiro atoms. The van der Waals surface area contributed by atoms with Crippen molar-refractivity contribution in [2.24, 2.45) is 0 Å². The lowest BCUT2D eigenvalue weighted by Crippen LogP contribution is -1.93. The molecule has 0 N–H and O–H groups in total. The van der Waals surface area contributed by atoms with Crippen LogP contribution in [0, 0.1) is 0 Å². The van der Waals surface area contributed by atoms with Crippen LogP contribution in [-0.2, 0) is 4.79 Å². The van der Waals surface area contributed by atoms with Gasteiger partial charge in [-0.25, -0.2) is 0 Å². The Hall–Kier alpha value is -1.29. The van der Waals surface area contributed by atoms with Crippen LogP contribution < -0.4 is 9.47 Å². The lowest BCUT2D eigenvalue weighted by molar-refractivity contribution is -0.112. The molecular formula is C13H15BrO3. The molecule has 4 heteroatoms. The summed E-state index contributed by atoms with van der Waals surface area (Å²) < 4.78 is 11.3. The van der Waals surface area contributed by atoms with Gasteiger partial charge in [0.05, 0.1) is 14.2 Å². The fourth-order valence-corrected chi connectivity index (χ4v) is 2.04. The third kappa shape index (κ3) is 3.33. The van der Waals surface area contributed by atoms with Crippen LogP contribution in [0.25, 0.3) is 5.57 Å². The fourth-order valence-electron chi connectivity index (χ4n) is 1.49. The maximum absolute atomic E-state index is 11.1. The smallest absolute Gasteiger partial charge is 0.152 e. The van der Waals surface area contributed by atoms with Gasteiger partial charge < -0.3 is 9.47 Å². The summed E-state index contributed by atoms with van der Waals surface area (Å²) in [7, 11) is 3.18. The summed E-state index contributed by atoms with van der Waals surface area (Å²) in [6.07, 6.45) is 1.59. The molecule has 0 radical (unpaired) electrons. The van der Waals surface area contributed by atoms with Crippen molar-refractivity contribution >= 4 is 27.3 Å². The molecule has 0 aliphatic carbocycles. The third-order valence-corrected chi connectivity index (χ3v) is 3.10. The summed E-state index contributed by atoms with van der Waals surface area (Å²) in [4.78, 5) is 11.1. The van der Waals surface area contributed by atoms with Crippen molar-refractivity contribution < 1.29 is 14.3 Å². The highest BCUT2D eigenvalue weighted by molar-refractivity contribution is 9.10. The van der Waals surface area contributed by atoms with Gasteiger partial charge in [-0.1, -0.05) is 0 Å². The van der Waals surface area contributed by atoms with Crippen molar-refractivity contribution in [3.63, 3.8) is 0 Å². The average molecular weight is 299 g/mol. The van der Waals surface area contributed by atoms with Crippen LogP contribution in [0.1, 0.15) is 19.4 Å². The number of ketones is 1. The molecule has 0 heterocycles. The molecule has 0 saturated carbocycles. The van der Waals surface area contributed by atoms with Crippen LogP contribution in [0.5, 0.6) is 11.5 Å². The number of benzene rings is 1. The normalized spacial score (nSPS) is 11.2. The van der Waals surface area contributed by atoms with E-state index in [0.717, 1.165) is 15.6 Å². The van der Waals surface area contributed by atoms with Gasteiger partial charge in [0, 0.05) is 0 Å². The first-order valence-electron chi connectivity index (χ1n) is 5.10. The van der Waals surface area contributed by atoms with E-state index in [9.17, 15) is 4.79 Å². The Balaban J connectivity index is 3.31. The van der Waals surface area contributed by atoms with E-state index in [2.05, 4.69) is 15.9 Å². The van der Waals surface area contributed by atoms with Gasteiger partial charge >= 0.3 is 0 Å². The molecule has 3 nitrogen and oxygen atoms in total. The maximum Gasteiger partial charge on any atom is 0.152 e. The number of rotatable bonds is 4. The number of halogens is 1.